The number of fused-ring (bicyclic) bond motifs is 1. The number of imidazole rings is 1. The molecular formula is C9H11N3OS. The fraction of sp³-hybridized carbons (Fsp3) is 0.333. The number of nitrogens with one attached hydrogen (secondary N) is 1. The van der Waals surface area contributed by atoms with Crippen molar-refractivity contribution in [3.8, 4) is 0 Å². The average molecular weight is 209 g/mol. The summed E-state index contributed by atoms with van der Waals surface area (Å²) in [6.45, 7) is 2.22. The maximum absolute atomic E-state index is 11.7. The van der Waals surface area contributed by atoms with Gasteiger partial charge in [-0.2, -0.15) is 0 Å². The minimum absolute atomic E-state index is 0.0795. The van der Waals surface area contributed by atoms with Gasteiger partial charge in [-0.25, -0.2) is 4.98 Å². The van der Waals surface area contributed by atoms with Gasteiger partial charge >= 0.3 is 0 Å². The number of carbonyl (C=O) groups is 1. The molecule has 0 fully saturated rings. The quantitative estimate of drug-likeness (QED) is 0.770. The molecule has 74 valence electrons. The lowest BCUT2D eigenvalue weighted by Gasteiger charge is -1.98. The van der Waals surface area contributed by atoms with Crippen LogP contribution in [-0.2, 0) is 0 Å². The first-order chi connectivity index (χ1) is 6.74. The Hall–Kier alpha value is -1.20. The molecule has 5 heteroatoms. The van der Waals surface area contributed by atoms with Crippen molar-refractivity contribution in [3.63, 3.8) is 0 Å². The van der Waals surface area contributed by atoms with Gasteiger partial charge in [0, 0.05) is 11.6 Å². The van der Waals surface area contributed by atoms with E-state index in [1.165, 1.54) is 11.3 Å². The molecule has 0 radical (unpaired) electrons. The van der Waals surface area contributed by atoms with Gasteiger partial charge in [0.25, 0.3) is 0 Å². The van der Waals surface area contributed by atoms with E-state index in [1.807, 2.05) is 22.9 Å². The molecule has 0 aromatic carbocycles. The van der Waals surface area contributed by atoms with E-state index in [0.717, 1.165) is 10.7 Å². The van der Waals surface area contributed by atoms with Crippen LogP contribution in [0, 0.1) is 6.92 Å². The van der Waals surface area contributed by atoms with Crippen LogP contribution in [0.1, 0.15) is 16.2 Å². The fourth-order valence-corrected chi connectivity index (χ4v) is 2.23. The van der Waals surface area contributed by atoms with Crippen LogP contribution in [0.2, 0.25) is 0 Å². The van der Waals surface area contributed by atoms with Crippen molar-refractivity contribution < 1.29 is 4.79 Å². The first kappa shape index (κ1) is 9.36. The van der Waals surface area contributed by atoms with E-state index < -0.39 is 0 Å². The van der Waals surface area contributed by atoms with Crippen molar-refractivity contribution in [1.82, 2.24) is 14.7 Å². The third-order valence-electron chi connectivity index (χ3n) is 2.04. The number of aromatic nitrogens is 2. The second-order valence-corrected chi connectivity index (χ2v) is 3.93. The third-order valence-corrected chi connectivity index (χ3v) is 2.79. The molecule has 2 rings (SSSR count). The standard InChI is InChI=1S/C9H11N3OS/c1-6-8(7(13)5-10-2)12-3-4-14-9(12)11-6/h3-4,10H,5H2,1-2H3. The molecule has 1 N–H and O–H groups in total. The first-order valence-corrected chi connectivity index (χ1v) is 5.22. The molecule has 2 heterocycles. The van der Waals surface area contributed by atoms with Crippen molar-refractivity contribution in [2.24, 2.45) is 0 Å². The molecule has 14 heavy (non-hydrogen) atoms. The highest BCUT2D eigenvalue weighted by atomic mass is 32.1. The number of thiazole rings is 1. The Morgan fingerprint density at radius 1 is 1.71 bits per heavy atom. The summed E-state index contributed by atoms with van der Waals surface area (Å²) in [4.78, 5) is 16.9. The van der Waals surface area contributed by atoms with Crippen LogP contribution in [0.5, 0.6) is 0 Å². The predicted molar refractivity (Wildman–Crippen MR) is 56.1 cm³/mol. The molecule has 0 bridgehead atoms. The number of hydrogen-bond acceptors (Lipinski definition) is 4. The Bertz CT molecular complexity index is 471. The number of likely N-dealkylation sites (N-methyl/N-ethyl adjacent to an activating group) is 1. The van der Waals surface area contributed by atoms with Crippen LogP contribution in [0.3, 0.4) is 0 Å². The molecule has 0 saturated heterocycles. The van der Waals surface area contributed by atoms with Crippen LogP contribution < -0.4 is 5.32 Å². The van der Waals surface area contributed by atoms with Gasteiger partial charge in [0.2, 0.25) is 0 Å². The van der Waals surface area contributed by atoms with Crippen molar-refractivity contribution in [2.45, 2.75) is 6.92 Å². The Morgan fingerprint density at radius 2 is 2.50 bits per heavy atom. The van der Waals surface area contributed by atoms with Crippen LogP contribution >= 0.6 is 11.3 Å². The van der Waals surface area contributed by atoms with Gasteiger partial charge in [-0.1, -0.05) is 0 Å². The molecule has 0 aliphatic rings. The van der Waals surface area contributed by atoms with Crippen molar-refractivity contribution >= 4 is 22.1 Å². The summed E-state index contributed by atoms with van der Waals surface area (Å²) in [6.07, 6.45) is 1.88. The van der Waals surface area contributed by atoms with Gasteiger partial charge in [0.15, 0.2) is 10.7 Å². The summed E-state index contributed by atoms with van der Waals surface area (Å²) in [7, 11) is 1.76. The van der Waals surface area contributed by atoms with E-state index in [2.05, 4.69) is 10.3 Å². The summed E-state index contributed by atoms with van der Waals surface area (Å²) in [5.74, 6) is 0.0795. The van der Waals surface area contributed by atoms with Crippen LogP contribution in [0.25, 0.3) is 4.96 Å². The molecule has 0 atom stereocenters. The molecule has 0 aliphatic heterocycles. The highest BCUT2D eigenvalue weighted by Gasteiger charge is 2.15. The van der Waals surface area contributed by atoms with Gasteiger partial charge in [-0.15, -0.1) is 11.3 Å². The summed E-state index contributed by atoms with van der Waals surface area (Å²) in [5.41, 5.74) is 1.49. The van der Waals surface area contributed by atoms with E-state index in [4.69, 9.17) is 0 Å². The molecule has 0 spiro atoms. The smallest absolute Gasteiger partial charge is 0.195 e. The van der Waals surface area contributed by atoms with Gasteiger partial charge in [0.05, 0.1) is 12.2 Å². The highest BCUT2D eigenvalue weighted by Crippen LogP contribution is 2.16. The molecular weight excluding hydrogens is 198 g/mol. The zero-order valence-electron chi connectivity index (χ0n) is 8.07. The van der Waals surface area contributed by atoms with E-state index in [-0.39, 0.29) is 5.78 Å². The third kappa shape index (κ3) is 1.34. The number of ketones is 1. The second kappa shape index (κ2) is 3.51. The Labute approximate surface area is 85.6 Å². The molecule has 0 unspecified atom stereocenters. The van der Waals surface area contributed by atoms with Crippen LogP contribution in [0.15, 0.2) is 11.6 Å². The molecule has 4 nitrogen and oxygen atoms in total. The maximum atomic E-state index is 11.7. The SMILES string of the molecule is CNCC(=O)c1c(C)nc2sccn12. The first-order valence-electron chi connectivity index (χ1n) is 4.34. The minimum Gasteiger partial charge on any atom is -0.313 e. The molecule has 0 amide bonds. The second-order valence-electron chi connectivity index (χ2n) is 3.05. The van der Waals surface area contributed by atoms with Crippen molar-refractivity contribution in [1.29, 1.82) is 0 Å². The van der Waals surface area contributed by atoms with E-state index in [9.17, 15) is 4.79 Å². The Morgan fingerprint density at radius 3 is 3.21 bits per heavy atom. The highest BCUT2D eigenvalue weighted by molar-refractivity contribution is 7.15. The summed E-state index contributed by atoms with van der Waals surface area (Å²) in [6, 6.07) is 0. The van der Waals surface area contributed by atoms with Gasteiger partial charge in [0.1, 0.15) is 5.69 Å². The molecule has 0 saturated carbocycles. The Balaban J connectivity index is 2.53. The van der Waals surface area contributed by atoms with Crippen LogP contribution in [-0.4, -0.2) is 28.8 Å². The zero-order chi connectivity index (χ0) is 10.1. The maximum Gasteiger partial charge on any atom is 0.195 e. The van der Waals surface area contributed by atoms with Crippen molar-refractivity contribution in [3.05, 3.63) is 23.0 Å². The summed E-state index contributed by atoms with van der Waals surface area (Å²) < 4.78 is 1.85. The molecule has 0 aliphatic carbocycles. The average Bonchev–Trinajstić information content (AvgIpc) is 2.63. The topological polar surface area (TPSA) is 46.4 Å². The van der Waals surface area contributed by atoms with Gasteiger partial charge in [-0.3, -0.25) is 9.20 Å². The van der Waals surface area contributed by atoms with E-state index >= 15 is 0 Å². The predicted octanol–water partition coefficient (Wildman–Crippen LogP) is 1.11. The number of carbonyl (C=O) groups excluding carboxylic acids is 1. The number of rotatable bonds is 3. The number of hydrogen-bond donors (Lipinski definition) is 1. The lowest BCUT2D eigenvalue weighted by molar-refractivity contribution is 0.0987. The largest absolute Gasteiger partial charge is 0.313 e. The van der Waals surface area contributed by atoms with Gasteiger partial charge < -0.3 is 5.32 Å². The Kier molecular flexibility index (Phi) is 2.35. The molecule has 2 aromatic rings. The van der Waals surface area contributed by atoms with Gasteiger partial charge in [-0.05, 0) is 14.0 Å². The number of Topliss-reactive ketones (excluding diaryl/α,β-unsaturated/α-hetero) is 1. The number of nitrogens with zero attached hydrogens (tertiary/aromatic N) is 2. The summed E-state index contributed by atoms with van der Waals surface area (Å²) >= 11 is 1.54. The van der Waals surface area contributed by atoms with E-state index in [1.54, 1.807) is 7.05 Å². The fourth-order valence-electron chi connectivity index (χ4n) is 1.47. The molecule has 2 aromatic heterocycles. The lowest BCUT2D eigenvalue weighted by atomic mass is 10.2. The summed E-state index contributed by atoms with van der Waals surface area (Å²) in [5, 5.41) is 4.78. The lowest BCUT2D eigenvalue weighted by Crippen LogP contribution is -2.20. The zero-order valence-corrected chi connectivity index (χ0v) is 8.89. The van der Waals surface area contributed by atoms with E-state index in [0.29, 0.717) is 12.2 Å². The van der Waals surface area contributed by atoms with Crippen molar-refractivity contribution in [2.75, 3.05) is 13.6 Å². The van der Waals surface area contributed by atoms with Crippen LogP contribution in [0.4, 0.5) is 0 Å². The monoisotopic (exact) mass is 209 g/mol. The normalized spacial score (nSPS) is 11.0. The number of aryl methyl sites for hydroxylation is 1. The minimum atomic E-state index is 0.0795.